The predicted octanol–water partition coefficient (Wildman–Crippen LogP) is 2.29. The van der Waals surface area contributed by atoms with Crippen LogP contribution in [-0.4, -0.2) is 37.6 Å². The first-order valence-electron chi connectivity index (χ1n) is 8.06. The van der Waals surface area contributed by atoms with E-state index in [2.05, 4.69) is 16.0 Å². The van der Waals surface area contributed by atoms with E-state index < -0.39 is 33.2 Å². The van der Waals surface area contributed by atoms with Crippen LogP contribution in [0.1, 0.15) is 6.92 Å². The standard InChI is InChI=1S/C18H18ClN3O5S/c1-12(23)20-14-6-8-16(9-7-14)22-18(25)11-28(26,27)10-17(24)21-15-4-2-13(19)3-5-15/h2-9H,10-11H2,1H3,(H,20,23)(H,21,24)(H,22,25). The molecule has 0 spiro atoms. The van der Waals surface area contributed by atoms with Gasteiger partial charge in [-0.3, -0.25) is 14.4 Å². The first-order valence-corrected chi connectivity index (χ1v) is 10.3. The van der Waals surface area contributed by atoms with Gasteiger partial charge in [0, 0.05) is 29.0 Å². The quantitative estimate of drug-likeness (QED) is 0.630. The summed E-state index contributed by atoms with van der Waals surface area (Å²) in [6.07, 6.45) is 0. The molecule has 0 unspecified atom stereocenters. The summed E-state index contributed by atoms with van der Waals surface area (Å²) in [4.78, 5) is 34.8. The number of carbonyl (C=O) groups excluding carboxylic acids is 3. The summed E-state index contributed by atoms with van der Waals surface area (Å²) in [6.45, 7) is 1.36. The van der Waals surface area contributed by atoms with Crippen molar-refractivity contribution >= 4 is 56.2 Å². The Hall–Kier alpha value is -2.91. The summed E-state index contributed by atoms with van der Waals surface area (Å²) in [6, 6.07) is 12.3. The van der Waals surface area contributed by atoms with Crippen LogP contribution in [0.15, 0.2) is 48.5 Å². The van der Waals surface area contributed by atoms with Crippen LogP contribution in [0.25, 0.3) is 0 Å². The molecule has 2 rings (SSSR count). The molecule has 0 saturated carbocycles. The van der Waals surface area contributed by atoms with Crippen molar-refractivity contribution in [2.45, 2.75) is 6.92 Å². The lowest BCUT2D eigenvalue weighted by molar-refractivity contribution is -0.115. The van der Waals surface area contributed by atoms with E-state index in [1.807, 2.05) is 0 Å². The van der Waals surface area contributed by atoms with Gasteiger partial charge in [-0.2, -0.15) is 0 Å². The lowest BCUT2D eigenvalue weighted by Crippen LogP contribution is -2.30. The maximum absolute atomic E-state index is 12.1. The van der Waals surface area contributed by atoms with Gasteiger partial charge in [-0.05, 0) is 48.5 Å². The summed E-state index contributed by atoms with van der Waals surface area (Å²) in [5.74, 6) is -3.43. The minimum Gasteiger partial charge on any atom is -0.326 e. The lowest BCUT2D eigenvalue weighted by Gasteiger charge is -2.08. The maximum atomic E-state index is 12.1. The average molecular weight is 424 g/mol. The van der Waals surface area contributed by atoms with Crippen molar-refractivity contribution in [2.75, 3.05) is 27.5 Å². The van der Waals surface area contributed by atoms with Gasteiger partial charge in [0.15, 0.2) is 9.84 Å². The van der Waals surface area contributed by atoms with E-state index in [1.165, 1.54) is 31.2 Å². The number of hydrogen-bond acceptors (Lipinski definition) is 5. The summed E-state index contributed by atoms with van der Waals surface area (Å²) in [5.41, 5.74) is 1.30. The van der Waals surface area contributed by atoms with Gasteiger partial charge < -0.3 is 16.0 Å². The van der Waals surface area contributed by atoms with Crippen LogP contribution >= 0.6 is 11.6 Å². The minimum absolute atomic E-state index is 0.236. The minimum atomic E-state index is -3.96. The van der Waals surface area contributed by atoms with Crippen LogP contribution in [0.3, 0.4) is 0 Å². The van der Waals surface area contributed by atoms with Crippen molar-refractivity contribution in [3.05, 3.63) is 53.6 Å². The second-order valence-corrected chi connectivity index (χ2v) is 8.39. The van der Waals surface area contributed by atoms with Gasteiger partial charge in [-0.15, -0.1) is 0 Å². The van der Waals surface area contributed by atoms with E-state index in [0.29, 0.717) is 22.1 Å². The molecule has 2 aromatic rings. The number of nitrogens with one attached hydrogen (secondary N) is 3. The van der Waals surface area contributed by atoms with Crippen LogP contribution in [-0.2, 0) is 24.2 Å². The summed E-state index contributed by atoms with van der Waals surface area (Å²) < 4.78 is 24.1. The zero-order valence-corrected chi connectivity index (χ0v) is 16.4. The molecule has 0 atom stereocenters. The van der Waals surface area contributed by atoms with Crippen molar-refractivity contribution < 1.29 is 22.8 Å². The van der Waals surface area contributed by atoms with Crippen LogP contribution < -0.4 is 16.0 Å². The molecular formula is C18H18ClN3O5S. The number of benzene rings is 2. The fourth-order valence-electron chi connectivity index (χ4n) is 2.22. The fourth-order valence-corrected chi connectivity index (χ4v) is 3.39. The topological polar surface area (TPSA) is 121 Å². The summed E-state index contributed by atoms with van der Waals surface area (Å²) in [7, 11) is -3.96. The second-order valence-electron chi connectivity index (χ2n) is 5.89. The van der Waals surface area contributed by atoms with Crippen molar-refractivity contribution in [2.24, 2.45) is 0 Å². The van der Waals surface area contributed by atoms with Gasteiger partial charge in [0.25, 0.3) is 0 Å². The number of amides is 3. The molecular weight excluding hydrogens is 406 g/mol. The summed E-state index contributed by atoms with van der Waals surface area (Å²) in [5, 5.41) is 7.91. The Balaban J connectivity index is 1.88. The number of rotatable bonds is 7. The molecule has 148 valence electrons. The molecule has 3 N–H and O–H groups in total. The molecule has 0 radical (unpaired) electrons. The molecule has 0 heterocycles. The highest BCUT2D eigenvalue weighted by Gasteiger charge is 2.21. The Morgan fingerprint density at radius 2 is 1.11 bits per heavy atom. The molecule has 10 heteroatoms. The van der Waals surface area contributed by atoms with Gasteiger partial charge in [0.2, 0.25) is 17.7 Å². The number of halogens is 1. The number of carbonyl (C=O) groups is 3. The zero-order valence-electron chi connectivity index (χ0n) is 14.9. The van der Waals surface area contributed by atoms with Crippen molar-refractivity contribution in [1.29, 1.82) is 0 Å². The molecule has 0 saturated heterocycles. The first kappa shape index (κ1) is 21.4. The third kappa shape index (κ3) is 7.37. The number of sulfone groups is 1. The van der Waals surface area contributed by atoms with E-state index >= 15 is 0 Å². The molecule has 0 bridgehead atoms. The molecule has 28 heavy (non-hydrogen) atoms. The Kier molecular flexibility index (Phi) is 7.13. The van der Waals surface area contributed by atoms with Crippen molar-refractivity contribution in [3.8, 4) is 0 Å². The van der Waals surface area contributed by atoms with Crippen molar-refractivity contribution in [1.82, 2.24) is 0 Å². The Labute approximate surface area is 167 Å². The van der Waals surface area contributed by atoms with Gasteiger partial charge in [0.1, 0.15) is 11.5 Å². The Morgan fingerprint density at radius 3 is 1.50 bits per heavy atom. The number of hydrogen-bond donors (Lipinski definition) is 3. The van der Waals surface area contributed by atoms with E-state index in [9.17, 15) is 22.8 Å². The Morgan fingerprint density at radius 1 is 0.750 bits per heavy atom. The molecule has 0 aliphatic rings. The van der Waals surface area contributed by atoms with Crippen LogP contribution in [0.4, 0.5) is 17.1 Å². The van der Waals surface area contributed by atoms with Gasteiger partial charge in [-0.25, -0.2) is 8.42 Å². The lowest BCUT2D eigenvalue weighted by atomic mass is 10.3. The largest absolute Gasteiger partial charge is 0.326 e. The molecule has 0 fully saturated rings. The van der Waals surface area contributed by atoms with E-state index in [-0.39, 0.29) is 5.91 Å². The molecule has 8 nitrogen and oxygen atoms in total. The smallest absolute Gasteiger partial charge is 0.239 e. The maximum Gasteiger partial charge on any atom is 0.239 e. The third-order valence-electron chi connectivity index (χ3n) is 3.32. The van der Waals surface area contributed by atoms with Crippen LogP contribution in [0.2, 0.25) is 5.02 Å². The van der Waals surface area contributed by atoms with Gasteiger partial charge in [0.05, 0.1) is 0 Å². The predicted molar refractivity (Wildman–Crippen MR) is 108 cm³/mol. The second kappa shape index (κ2) is 9.34. The average Bonchev–Trinajstić information content (AvgIpc) is 2.57. The van der Waals surface area contributed by atoms with E-state index in [4.69, 9.17) is 11.6 Å². The first-order chi connectivity index (χ1) is 13.1. The normalized spacial score (nSPS) is 10.8. The highest BCUT2D eigenvalue weighted by Crippen LogP contribution is 2.14. The monoisotopic (exact) mass is 423 g/mol. The van der Waals surface area contributed by atoms with Gasteiger partial charge in [-0.1, -0.05) is 11.6 Å². The summed E-state index contributed by atoms with van der Waals surface area (Å²) >= 11 is 5.74. The zero-order chi connectivity index (χ0) is 20.7. The van der Waals surface area contributed by atoms with Crippen LogP contribution in [0, 0.1) is 0 Å². The fraction of sp³-hybridized carbons (Fsp3) is 0.167. The van der Waals surface area contributed by atoms with E-state index in [1.54, 1.807) is 24.3 Å². The van der Waals surface area contributed by atoms with Crippen LogP contribution in [0.5, 0.6) is 0 Å². The third-order valence-corrected chi connectivity index (χ3v) is 4.98. The SMILES string of the molecule is CC(=O)Nc1ccc(NC(=O)CS(=O)(=O)CC(=O)Nc2ccc(Cl)cc2)cc1. The van der Waals surface area contributed by atoms with E-state index in [0.717, 1.165) is 0 Å². The molecule has 2 aromatic carbocycles. The molecule has 0 aliphatic carbocycles. The molecule has 0 aliphatic heterocycles. The Bertz CT molecular complexity index is 973. The molecule has 3 amide bonds. The molecule has 0 aromatic heterocycles. The highest BCUT2D eigenvalue weighted by atomic mass is 35.5. The van der Waals surface area contributed by atoms with Gasteiger partial charge >= 0.3 is 0 Å². The number of anilines is 3. The highest BCUT2D eigenvalue weighted by molar-refractivity contribution is 7.92. The van der Waals surface area contributed by atoms with Crippen molar-refractivity contribution in [3.63, 3.8) is 0 Å².